The molecule has 3 rings (SSSR count). The van der Waals surface area contributed by atoms with E-state index in [0.29, 0.717) is 20.9 Å². The number of nitrogens with zero attached hydrogens (tertiary/aromatic N) is 1. The van der Waals surface area contributed by atoms with Crippen molar-refractivity contribution in [1.82, 2.24) is 9.55 Å². The maximum atomic E-state index is 12.5. The van der Waals surface area contributed by atoms with Crippen molar-refractivity contribution in [2.45, 2.75) is 20.3 Å². The van der Waals surface area contributed by atoms with Crippen LogP contribution in [0.3, 0.4) is 0 Å². The molecule has 0 aliphatic heterocycles. The molecule has 0 atom stereocenters. The van der Waals surface area contributed by atoms with Crippen molar-refractivity contribution in [3.8, 4) is 5.69 Å². The molecule has 0 aliphatic rings. The molecule has 0 unspecified atom stereocenters. The van der Waals surface area contributed by atoms with Gasteiger partial charge in [0, 0.05) is 5.02 Å². The summed E-state index contributed by atoms with van der Waals surface area (Å²) >= 11 is 11.2. The van der Waals surface area contributed by atoms with Crippen molar-refractivity contribution in [2.75, 3.05) is 0 Å². The van der Waals surface area contributed by atoms with Gasteiger partial charge in [-0.25, -0.2) is 0 Å². The second-order valence-corrected chi connectivity index (χ2v) is 5.63. The van der Waals surface area contributed by atoms with E-state index in [1.54, 1.807) is 30.3 Å². The molecular formula is C17H17ClN2OS. The topological polar surface area (TPSA) is 37.8 Å². The Morgan fingerprint density at radius 2 is 1.82 bits per heavy atom. The summed E-state index contributed by atoms with van der Waals surface area (Å²) in [6.07, 6.45) is 1.25. The van der Waals surface area contributed by atoms with E-state index in [2.05, 4.69) is 18.8 Å². The number of aromatic nitrogens is 2. The number of fused-ring (bicyclic) bond motifs is 1. The van der Waals surface area contributed by atoms with E-state index in [9.17, 15) is 4.79 Å². The molecule has 114 valence electrons. The molecule has 2 aromatic carbocycles. The zero-order valence-corrected chi connectivity index (χ0v) is 14.0. The lowest BCUT2D eigenvalue weighted by atomic mass is 10.2. The molecule has 0 fully saturated rings. The Hall–Kier alpha value is -1.91. The third-order valence-electron chi connectivity index (χ3n) is 2.87. The first-order chi connectivity index (χ1) is 10.6. The number of benzene rings is 2. The Morgan fingerprint density at radius 3 is 2.50 bits per heavy atom. The van der Waals surface area contributed by atoms with Crippen LogP contribution in [-0.4, -0.2) is 9.55 Å². The summed E-state index contributed by atoms with van der Waals surface area (Å²) < 4.78 is 1.80. The maximum absolute atomic E-state index is 12.5. The fourth-order valence-electron chi connectivity index (χ4n) is 2.01. The number of nitrogens with one attached hydrogen (secondary N) is 1. The molecule has 3 aromatic rings. The van der Waals surface area contributed by atoms with Gasteiger partial charge in [0.2, 0.25) is 0 Å². The highest BCUT2D eigenvalue weighted by molar-refractivity contribution is 7.71. The first kappa shape index (κ1) is 16.5. The largest absolute Gasteiger partial charge is 0.331 e. The molecule has 22 heavy (non-hydrogen) atoms. The summed E-state index contributed by atoms with van der Waals surface area (Å²) in [6.45, 7) is 4.25. The highest BCUT2D eigenvalue weighted by Gasteiger charge is 2.07. The molecule has 0 spiro atoms. The van der Waals surface area contributed by atoms with Crippen LogP contribution >= 0.6 is 23.8 Å². The molecule has 0 radical (unpaired) electrons. The van der Waals surface area contributed by atoms with Gasteiger partial charge in [-0.2, -0.15) is 0 Å². The fourth-order valence-corrected chi connectivity index (χ4v) is 2.49. The molecule has 1 N–H and O–H groups in total. The molecule has 0 saturated carbocycles. The molecular weight excluding hydrogens is 316 g/mol. The van der Waals surface area contributed by atoms with Gasteiger partial charge in [0.05, 0.1) is 16.6 Å². The van der Waals surface area contributed by atoms with Crippen molar-refractivity contribution in [3.05, 3.63) is 68.7 Å². The highest BCUT2D eigenvalue weighted by atomic mass is 35.5. The van der Waals surface area contributed by atoms with Crippen LogP contribution in [0.2, 0.25) is 5.02 Å². The molecule has 0 aliphatic carbocycles. The van der Waals surface area contributed by atoms with Crippen LogP contribution in [0.4, 0.5) is 0 Å². The molecule has 3 nitrogen and oxygen atoms in total. The van der Waals surface area contributed by atoms with Crippen LogP contribution in [0.5, 0.6) is 0 Å². The van der Waals surface area contributed by atoms with Gasteiger partial charge < -0.3 is 4.98 Å². The van der Waals surface area contributed by atoms with Gasteiger partial charge in [0.1, 0.15) is 0 Å². The predicted octanol–water partition coefficient (Wildman–Crippen LogP) is 5.12. The van der Waals surface area contributed by atoms with Crippen LogP contribution in [0, 0.1) is 4.77 Å². The van der Waals surface area contributed by atoms with Gasteiger partial charge in [0.25, 0.3) is 5.56 Å². The van der Waals surface area contributed by atoms with E-state index in [0.717, 1.165) is 5.52 Å². The van der Waals surface area contributed by atoms with E-state index in [-0.39, 0.29) is 5.56 Å². The number of aromatic amines is 1. The van der Waals surface area contributed by atoms with E-state index < -0.39 is 0 Å². The number of para-hydroxylation sites is 1. The highest BCUT2D eigenvalue weighted by Crippen LogP contribution is 2.15. The van der Waals surface area contributed by atoms with Gasteiger partial charge in [0.15, 0.2) is 4.77 Å². The Bertz CT molecular complexity index is 899. The van der Waals surface area contributed by atoms with Crippen molar-refractivity contribution in [3.63, 3.8) is 0 Å². The summed E-state index contributed by atoms with van der Waals surface area (Å²) in [5, 5.41) is 1.16. The van der Waals surface area contributed by atoms with Crippen LogP contribution in [0.1, 0.15) is 20.3 Å². The first-order valence-corrected chi connectivity index (χ1v) is 7.87. The van der Waals surface area contributed by atoms with Crippen molar-refractivity contribution >= 4 is 34.7 Å². The number of hydrogen-bond acceptors (Lipinski definition) is 2. The van der Waals surface area contributed by atoms with Gasteiger partial charge in [-0.05, 0) is 42.5 Å². The standard InChI is InChI=1S/C14H9ClN2OS.C3H8/c15-9-4-3-5-10(8-9)17-13(18)11-6-1-2-7-12(11)16-14(17)19;1-3-2/h1-8H,(H,16,19);3H2,1-2H3. The molecule has 5 heteroatoms. The lowest BCUT2D eigenvalue weighted by Crippen LogP contribution is -2.20. The Labute approximate surface area is 139 Å². The van der Waals surface area contributed by atoms with Gasteiger partial charge in [-0.15, -0.1) is 0 Å². The number of halogens is 1. The van der Waals surface area contributed by atoms with E-state index in [1.807, 2.05) is 18.2 Å². The quantitative estimate of drug-likeness (QED) is 0.628. The smallest absolute Gasteiger partial charge is 0.266 e. The van der Waals surface area contributed by atoms with Crippen LogP contribution in [-0.2, 0) is 0 Å². The predicted molar refractivity (Wildman–Crippen MR) is 95.7 cm³/mol. The third kappa shape index (κ3) is 3.46. The molecule has 1 heterocycles. The lowest BCUT2D eigenvalue weighted by molar-refractivity contribution is 0.940. The Morgan fingerprint density at radius 1 is 1.14 bits per heavy atom. The molecule has 0 saturated heterocycles. The minimum absolute atomic E-state index is 0.151. The van der Waals surface area contributed by atoms with Crippen LogP contribution in [0.25, 0.3) is 16.6 Å². The molecule has 1 aromatic heterocycles. The summed E-state index contributed by atoms with van der Waals surface area (Å²) in [5.74, 6) is 0. The molecule has 0 amide bonds. The van der Waals surface area contributed by atoms with E-state index in [4.69, 9.17) is 23.8 Å². The number of H-pyrrole nitrogens is 1. The Kier molecular flexibility index (Phi) is 5.52. The van der Waals surface area contributed by atoms with E-state index >= 15 is 0 Å². The first-order valence-electron chi connectivity index (χ1n) is 7.08. The number of hydrogen-bond donors (Lipinski definition) is 1. The zero-order valence-electron chi connectivity index (χ0n) is 12.5. The van der Waals surface area contributed by atoms with Crippen LogP contribution < -0.4 is 5.56 Å². The van der Waals surface area contributed by atoms with Crippen molar-refractivity contribution < 1.29 is 0 Å². The summed E-state index contributed by atoms with van der Waals surface area (Å²) in [6, 6.07) is 14.3. The number of rotatable bonds is 1. The van der Waals surface area contributed by atoms with Gasteiger partial charge >= 0.3 is 0 Å². The second kappa shape index (κ2) is 7.38. The van der Waals surface area contributed by atoms with Crippen molar-refractivity contribution in [2.24, 2.45) is 0 Å². The van der Waals surface area contributed by atoms with E-state index in [1.165, 1.54) is 11.0 Å². The monoisotopic (exact) mass is 332 g/mol. The molecule has 0 bridgehead atoms. The third-order valence-corrected chi connectivity index (χ3v) is 3.39. The SMILES string of the molecule is CCC.O=c1c2ccccc2[nH]c(=S)n1-c1cccc(Cl)c1. The fraction of sp³-hybridized carbons (Fsp3) is 0.176. The average Bonchev–Trinajstić information content (AvgIpc) is 2.48. The normalized spacial score (nSPS) is 10.1. The lowest BCUT2D eigenvalue weighted by Gasteiger charge is -2.08. The summed E-state index contributed by atoms with van der Waals surface area (Å²) in [4.78, 5) is 15.5. The van der Waals surface area contributed by atoms with Gasteiger partial charge in [-0.3, -0.25) is 9.36 Å². The van der Waals surface area contributed by atoms with Crippen molar-refractivity contribution in [1.29, 1.82) is 0 Å². The van der Waals surface area contributed by atoms with Crippen LogP contribution in [0.15, 0.2) is 53.3 Å². The summed E-state index contributed by atoms with van der Waals surface area (Å²) in [5.41, 5.74) is 1.24. The zero-order chi connectivity index (χ0) is 16.1. The maximum Gasteiger partial charge on any atom is 0.266 e. The average molecular weight is 333 g/mol. The minimum Gasteiger partial charge on any atom is -0.331 e. The summed E-state index contributed by atoms with van der Waals surface area (Å²) in [7, 11) is 0. The minimum atomic E-state index is -0.151. The van der Waals surface area contributed by atoms with Gasteiger partial charge in [-0.1, -0.05) is 50.1 Å². The Balaban J connectivity index is 0.000000545. The second-order valence-electron chi connectivity index (χ2n) is 4.80.